The van der Waals surface area contributed by atoms with Crippen LogP contribution < -0.4 is 4.90 Å². The fraction of sp³-hybridized carbons (Fsp3) is 0.163. The summed E-state index contributed by atoms with van der Waals surface area (Å²) in [5.41, 5.74) is 3.65. The second-order valence-electron chi connectivity index (χ2n) is 13.1. The van der Waals surface area contributed by atoms with Gasteiger partial charge in [-0.1, -0.05) is 132 Å². The van der Waals surface area contributed by atoms with Gasteiger partial charge < -0.3 is 4.74 Å². The molecule has 1 saturated heterocycles. The molecule has 49 heavy (non-hydrogen) atoms. The minimum absolute atomic E-state index is 0.0957. The highest BCUT2D eigenvalue weighted by Crippen LogP contribution is 2.74. The lowest BCUT2D eigenvalue weighted by Gasteiger charge is -2.39. The van der Waals surface area contributed by atoms with Crippen molar-refractivity contribution in [2.45, 2.75) is 24.7 Å². The summed E-state index contributed by atoms with van der Waals surface area (Å²) >= 11 is 0. The smallest absolute Gasteiger partial charge is 0.339 e. The third-order valence-corrected chi connectivity index (χ3v) is 10.7. The Morgan fingerprint density at radius 2 is 0.980 bits per heavy atom. The van der Waals surface area contributed by atoms with Crippen molar-refractivity contribution < 1.29 is 23.9 Å². The number of ether oxygens (including phenoxy) is 1. The van der Waals surface area contributed by atoms with Gasteiger partial charge in [-0.15, -0.1) is 0 Å². The van der Waals surface area contributed by atoms with Gasteiger partial charge in [0.2, 0.25) is 11.8 Å². The lowest BCUT2D eigenvalue weighted by atomic mass is 9.59. The number of amides is 2. The SMILES string of the molecule is COC(=O)c1ccccc1N1C(=O)[C@@H]2[C@@H](C1=O)[C@@]1(c3ccccc3)C(=O)[C@@]2(c2ccccc2)C(c2ccc(C)cc2)=C1c1ccc(C)cc1. The summed E-state index contributed by atoms with van der Waals surface area (Å²) in [4.78, 5) is 60.7. The first-order chi connectivity index (χ1) is 23.8. The van der Waals surface area contributed by atoms with Crippen LogP contribution in [0, 0.1) is 25.7 Å². The van der Waals surface area contributed by atoms with E-state index in [4.69, 9.17) is 4.74 Å². The maximum Gasteiger partial charge on any atom is 0.339 e. The fourth-order valence-electron chi connectivity index (χ4n) is 8.75. The van der Waals surface area contributed by atoms with Crippen molar-refractivity contribution in [2.75, 3.05) is 12.0 Å². The van der Waals surface area contributed by atoms with Crippen molar-refractivity contribution in [3.63, 3.8) is 0 Å². The molecule has 6 heteroatoms. The molecule has 2 aliphatic carbocycles. The molecule has 5 aromatic carbocycles. The summed E-state index contributed by atoms with van der Waals surface area (Å²) in [7, 11) is 1.26. The van der Waals surface area contributed by atoms with Crippen molar-refractivity contribution in [1.82, 2.24) is 0 Å². The molecule has 6 nitrogen and oxygen atoms in total. The summed E-state index contributed by atoms with van der Waals surface area (Å²) in [5, 5.41) is 0. The van der Waals surface area contributed by atoms with Crippen LogP contribution >= 0.6 is 0 Å². The number of hydrogen-bond acceptors (Lipinski definition) is 5. The van der Waals surface area contributed by atoms with Gasteiger partial charge in [0, 0.05) is 0 Å². The summed E-state index contributed by atoms with van der Waals surface area (Å²) in [6, 6.07) is 41.4. The van der Waals surface area contributed by atoms with Gasteiger partial charge >= 0.3 is 5.97 Å². The lowest BCUT2D eigenvalue weighted by Crippen LogP contribution is -2.46. The van der Waals surface area contributed by atoms with Gasteiger partial charge in [-0.25, -0.2) is 9.69 Å². The van der Waals surface area contributed by atoms with Crippen molar-refractivity contribution in [1.29, 1.82) is 0 Å². The van der Waals surface area contributed by atoms with Crippen LogP contribution in [-0.4, -0.2) is 30.7 Å². The number of para-hydroxylation sites is 1. The van der Waals surface area contributed by atoms with Crippen LogP contribution in [0.2, 0.25) is 0 Å². The van der Waals surface area contributed by atoms with E-state index in [-0.39, 0.29) is 17.0 Å². The van der Waals surface area contributed by atoms with Gasteiger partial charge in [0.25, 0.3) is 0 Å². The number of esters is 1. The van der Waals surface area contributed by atoms with Crippen LogP contribution in [0.4, 0.5) is 5.69 Å². The van der Waals surface area contributed by atoms with Crippen LogP contribution in [0.1, 0.15) is 43.7 Å². The van der Waals surface area contributed by atoms with Crippen LogP contribution in [0.15, 0.2) is 133 Å². The predicted octanol–water partition coefficient (Wildman–Crippen LogP) is 7.28. The van der Waals surface area contributed by atoms with Crippen LogP contribution in [-0.2, 0) is 30.0 Å². The molecule has 8 rings (SSSR count). The van der Waals surface area contributed by atoms with E-state index < -0.39 is 40.4 Å². The first-order valence-corrected chi connectivity index (χ1v) is 16.4. The van der Waals surface area contributed by atoms with Crippen molar-refractivity contribution in [3.05, 3.63) is 172 Å². The minimum atomic E-state index is -1.53. The van der Waals surface area contributed by atoms with Crippen molar-refractivity contribution in [2.24, 2.45) is 11.8 Å². The summed E-state index contributed by atoms with van der Waals surface area (Å²) in [6.07, 6.45) is 0. The standard InChI is InChI=1S/C43H33NO5/c1-26-18-22-28(23-19-26)34-35(29-24-20-27(2)21-25-29)43(31-14-8-5-9-15-31)37-36(42(34,41(43)48)30-12-6-4-7-13-30)38(45)44(39(37)46)33-17-11-10-16-32(33)40(47)49-3/h4-25,36-37H,1-3H3/t36-,37-,42-,43-/m0/s1. The Labute approximate surface area is 284 Å². The minimum Gasteiger partial charge on any atom is -0.465 e. The molecule has 240 valence electrons. The highest BCUT2D eigenvalue weighted by molar-refractivity contribution is 6.39. The zero-order valence-electron chi connectivity index (χ0n) is 27.3. The number of methoxy groups -OCH3 is 1. The summed E-state index contributed by atoms with van der Waals surface area (Å²) < 4.78 is 5.07. The maximum atomic E-state index is 16.0. The molecular weight excluding hydrogens is 610 g/mol. The van der Waals surface area contributed by atoms with E-state index in [1.165, 1.54) is 7.11 Å². The van der Waals surface area contributed by atoms with Gasteiger partial charge in [0.05, 0.1) is 41.0 Å². The van der Waals surface area contributed by atoms with Crippen LogP contribution in [0.25, 0.3) is 11.1 Å². The summed E-state index contributed by atoms with van der Waals surface area (Å²) in [5.74, 6) is -4.08. The number of benzene rings is 5. The van der Waals surface area contributed by atoms with Crippen molar-refractivity contribution in [3.8, 4) is 0 Å². The topological polar surface area (TPSA) is 80.8 Å². The number of imide groups is 1. The molecule has 0 radical (unpaired) electrons. The average Bonchev–Trinajstić information content (AvgIpc) is 3.64. The number of fused-ring (bicyclic) bond motifs is 5. The fourth-order valence-corrected chi connectivity index (χ4v) is 8.75. The molecule has 2 bridgehead atoms. The van der Waals surface area contributed by atoms with E-state index in [1.54, 1.807) is 24.3 Å². The van der Waals surface area contributed by atoms with Crippen molar-refractivity contribution >= 4 is 40.4 Å². The molecule has 1 heterocycles. The number of anilines is 1. The Morgan fingerprint density at radius 1 is 0.571 bits per heavy atom. The number of Topliss-reactive ketones (excluding diaryl/α,β-unsaturated/α-hetero) is 1. The van der Waals surface area contributed by atoms with E-state index in [0.717, 1.165) is 38.3 Å². The molecule has 3 aliphatic rings. The Kier molecular flexibility index (Phi) is 6.90. The average molecular weight is 644 g/mol. The van der Waals surface area contributed by atoms with E-state index in [0.29, 0.717) is 11.1 Å². The number of carbonyl (C=O) groups excluding carboxylic acids is 4. The predicted molar refractivity (Wildman–Crippen MR) is 188 cm³/mol. The molecule has 0 unspecified atom stereocenters. The molecule has 2 fully saturated rings. The van der Waals surface area contributed by atoms with E-state index in [2.05, 4.69) is 0 Å². The molecule has 1 aliphatic heterocycles. The molecule has 0 N–H and O–H groups in total. The van der Waals surface area contributed by atoms with Gasteiger partial charge in [-0.05, 0) is 59.4 Å². The molecule has 1 saturated carbocycles. The normalized spacial score (nSPS) is 24.1. The number of allylic oxidation sites excluding steroid dienone is 2. The molecule has 5 aromatic rings. The highest BCUT2D eigenvalue weighted by atomic mass is 16.5. The number of carbonyl (C=O) groups is 4. The molecule has 0 aromatic heterocycles. The van der Waals surface area contributed by atoms with E-state index in [1.807, 2.05) is 123 Å². The number of aryl methyl sites for hydroxylation is 2. The Balaban J connectivity index is 1.54. The van der Waals surface area contributed by atoms with Crippen LogP contribution in [0.5, 0.6) is 0 Å². The molecule has 2 amide bonds. The number of ketones is 1. The number of nitrogens with zero attached hydrogens (tertiary/aromatic N) is 1. The largest absolute Gasteiger partial charge is 0.465 e. The number of rotatable bonds is 6. The van der Waals surface area contributed by atoms with E-state index in [9.17, 15) is 4.79 Å². The first kappa shape index (κ1) is 30.5. The van der Waals surface area contributed by atoms with Gasteiger partial charge in [0.1, 0.15) is 0 Å². The quantitative estimate of drug-likeness (QED) is 0.144. The second kappa shape index (κ2) is 11.1. The zero-order valence-corrected chi connectivity index (χ0v) is 27.3. The highest BCUT2D eigenvalue weighted by Gasteiger charge is 2.82. The Morgan fingerprint density at radius 3 is 1.41 bits per heavy atom. The monoisotopic (exact) mass is 643 g/mol. The molecule has 4 atom stereocenters. The summed E-state index contributed by atoms with van der Waals surface area (Å²) in [6.45, 7) is 4.02. The Bertz CT molecular complexity index is 2080. The zero-order chi connectivity index (χ0) is 34.1. The lowest BCUT2D eigenvalue weighted by molar-refractivity contribution is -0.130. The third kappa shape index (κ3) is 3.94. The second-order valence-corrected chi connectivity index (χ2v) is 13.1. The Hall–Kier alpha value is -5.88. The maximum absolute atomic E-state index is 16.0. The van der Waals surface area contributed by atoms with Crippen LogP contribution in [0.3, 0.4) is 0 Å². The molecule has 0 spiro atoms. The third-order valence-electron chi connectivity index (χ3n) is 10.7. The van der Waals surface area contributed by atoms with Gasteiger partial charge in [-0.2, -0.15) is 0 Å². The number of hydrogen-bond donors (Lipinski definition) is 0. The van der Waals surface area contributed by atoms with Gasteiger partial charge in [-0.3, -0.25) is 14.4 Å². The van der Waals surface area contributed by atoms with E-state index >= 15 is 14.4 Å². The first-order valence-electron chi connectivity index (χ1n) is 16.4. The van der Waals surface area contributed by atoms with Gasteiger partial charge in [0.15, 0.2) is 5.78 Å². The molecular formula is C43H33NO5.